The molecule has 3 rings (SSSR count). The maximum atomic E-state index is 13.4. The van der Waals surface area contributed by atoms with Gasteiger partial charge in [0.1, 0.15) is 0 Å². The number of nitrogens with two attached hydrogens (primary N) is 1. The van der Waals surface area contributed by atoms with Gasteiger partial charge < -0.3 is 16.1 Å². The van der Waals surface area contributed by atoms with Crippen LogP contribution >= 0.6 is 11.6 Å². The molecule has 0 heterocycles. The van der Waals surface area contributed by atoms with Crippen molar-refractivity contribution in [2.45, 2.75) is 59.0 Å². The SMILES string of the molecule is CC(C)(C)C1CCC(N(Cc2ccc(C(=O)NC(=N)N=NN)cc2)C(=O)Nc2ccc(Cl)cc2)CC1. The number of nitrogens with zero attached hydrogens (tertiary/aromatic N) is 3. The first-order valence-corrected chi connectivity index (χ1v) is 12.4. The third-order valence-corrected chi connectivity index (χ3v) is 6.93. The fourth-order valence-corrected chi connectivity index (χ4v) is 4.70. The lowest BCUT2D eigenvalue weighted by Crippen LogP contribution is -2.45. The molecule has 1 aliphatic carbocycles. The molecule has 0 aromatic heterocycles. The van der Waals surface area contributed by atoms with Gasteiger partial charge in [0, 0.05) is 28.9 Å². The number of hydrogen-bond acceptors (Lipinski definition) is 4. The number of urea groups is 1. The highest BCUT2D eigenvalue weighted by atomic mass is 35.5. The normalized spacial score (nSPS) is 18.0. The van der Waals surface area contributed by atoms with Gasteiger partial charge in [0.2, 0.25) is 5.96 Å². The van der Waals surface area contributed by atoms with Gasteiger partial charge in [-0.1, -0.05) is 54.8 Å². The predicted molar refractivity (Wildman–Crippen MR) is 142 cm³/mol. The molecule has 5 N–H and O–H groups in total. The molecule has 1 fully saturated rings. The lowest BCUT2D eigenvalue weighted by atomic mass is 9.71. The number of amides is 3. The third-order valence-electron chi connectivity index (χ3n) is 6.68. The molecule has 0 aliphatic heterocycles. The summed E-state index contributed by atoms with van der Waals surface area (Å²) >= 11 is 5.99. The highest BCUT2D eigenvalue weighted by molar-refractivity contribution is 6.30. The molecule has 1 aliphatic rings. The number of carbonyl (C=O) groups excluding carboxylic acids is 2. The van der Waals surface area contributed by atoms with Crippen molar-refractivity contribution < 1.29 is 9.59 Å². The highest BCUT2D eigenvalue weighted by Crippen LogP contribution is 2.39. The predicted octanol–water partition coefficient (Wildman–Crippen LogP) is 5.97. The molecule has 2 aromatic rings. The summed E-state index contributed by atoms with van der Waals surface area (Å²) in [6.45, 7) is 7.24. The lowest BCUT2D eigenvalue weighted by Gasteiger charge is -2.41. The molecular formula is C26H34ClN7O2. The Labute approximate surface area is 217 Å². The average Bonchev–Trinajstić information content (AvgIpc) is 2.84. The fourth-order valence-electron chi connectivity index (χ4n) is 4.57. The summed E-state index contributed by atoms with van der Waals surface area (Å²) in [7, 11) is 0. The monoisotopic (exact) mass is 511 g/mol. The molecule has 36 heavy (non-hydrogen) atoms. The van der Waals surface area contributed by atoms with Crippen molar-refractivity contribution in [3.8, 4) is 0 Å². The van der Waals surface area contributed by atoms with Crippen LogP contribution in [-0.2, 0) is 6.54 Å². The summed E-state index contributed by atoms with van der Waals surface area (Å²) in [6, 6.07) is 13.9. The summed E-state index contributed by atoms with van der Waals surface area (Å²) in [6.07, 6.45) is 4.02. The van der Waals surface area contributed by atoms with E-state index in [2.05, 4.69) is 41.7 Å². The van der Waals surface area contributed by atoms with Crippen LogP contribution in [0.2, 0.25) is 5.02 Å². The molecule has 2 aromatic carbocycles. The van der Waals surface area contributed by atoms with Crippen molar-refractivity contribution in [2.75, 3.05) is 5.32 Å². The lowest BCUT2D eigenvalue weighted by molar-refractivity contribution is 0.0975. The molecule has 0 unspecified atom stereocenters. The van der Waals surface area contributed by atoms with Crippen molar-refractivity contribution in [3.05, 3.63) is 64.7 Å². The van der Waals surface area contributed by atoms with E-state index < -0.39 is 11.9 Å². The zero-order valence-corrected chi connectivity index (χ0v) is 21.7. The van der Waals surface area contributed by atoms with E-state index >= 15 is 0 Å². The molecule has 1 saturated carbocycles. The minimum absolute atomic E-state index is 0.112. The number of nitrogens with one attached hydrogen (secondary N) is 3. The van der Waals surface area contributed by atoms with Crippen LogP contribution in [0.3, 0.4) is 0 Å². The van der Waals surface area contributed by atoms with Crippen LogP contribution in [0.25, 0.3) is 0 Å². The van der Waals surface area contributed by atoms with Crippen LogP contribution in [0.15, 0.2) is 58.9 Å². The first kappa shape index (κ1) is 27.1. The van der Waals surface area contributed by atoms with Crippen LogP contribution < -0.4 is 16.5 Å². The Balaban J connectivity index is 1.74. The van der Waals surface area contributed by atoms with Crippen molar-refractivity contribution in [3.63, 3.8) is 0 Å². The second-order valence-corrected chi connectivity index (χ2v) is 10.6. The Morgan fingerprint density at radius 1 is 1.06 bits per heavy atom. The van der Waals surface area contributed by atoms with E-state index in [9.17, 15) is 9.59 Å². The molecule has 9 nitrogen and oxygen atoms in total. The number of benzene rings is 2. The van der Waals surface area contributed by atoms with Crippen molar-refractivity contribution in [1.82, 2.24) is 10.2 Å². The maximum absolute atomic E-state index is 13.4. The number of carbonyl (C=O) groups is 2. The summed E-state index contributed by atoms with van der Waals surface area (Å²) < 4.78 is 0. The van der Waals surface area contributed by atoms with Crippen molar-refractivity contribution in [1.29, 1.82) is 5.41 Å². The molecule has 0 saturated heterocycles. The molecular weight excluding hydrogens is 478 g/mol. The van der Waals surface area contributed by atoms with E-state index in [1.807, 2.05) is 17.0 Å². The van der Waals surface area contributed by atoms with Crippen LogP contribution in [0.4, 0.5) is 10.5 Å². The summed E-state index contributed by atoms with van der Waals surface area (Å²) in [4.78, 5) is 27.6. The van der Waals surface area contributed by atoms with E-state index in [-0.39, 0.29) is 17.5 Å². The van der Waals surface area contributed by atoms with Gasteiger partial charge >= 0.3 is 6.03 Å². The van der Waals surface area contributed by atoms with Crippen molar-refractivity contribution in [2.24, 2.45) is 27.5 Å². The molecule has 0 radical (unpaired) electrons. The van der Waals surface area contributed by atoms with E-state index in [1.165, 1.54) is 0 Å². The van der Waals surface area contributed by atoms with Gasteiger partial charge in [-0.05, 0) is 79.0 Å². The molecule has 0 atom stereocenters. The van der Waals surface area contributed by atoms with Gasteiger partial charge in [-0.3, -0.25) is 15.5 Å². The molecule has 192 valence electrons. The number of hydrogen-bond donors (Lipinski definition) is 4. The zero-order chi connectivity index (χ0) is 26.3. The van der Waals surface area contributed by atoms with Crippen LogP contribution in [-0.4, -0.2) is 28.8 Å². The summed E-state index contributed by atoms with van der Waals surface area (Å²) in [5.41, 5.74) is 2.19. The molecule has 0 spiro atoms. The summed E-state index contributed by atoms with van der Waals surface area (Å²) in [5.74, 6) is 4.60. The van der Waals surface area contributed by atoms with Crippen LogP contribution in [0.1, 0.15) is 62.4 Å². The molecule has 0 bridgehead atoms. The Kier molecular flexibility index (Phi) is 9.03. The van der Waals surface area contributed by atoms with E-state index in [1.54, 1.807) is 36.4 Å². The molecule has 3 amide bonds. The van der Waals surface area contributed by atoms with Gasteiger partial charge in [-0.25, -0.2) is 4.79 Å². The highest BCUT2D eigenvalue weighted by Gasteiger charge is 2.33. The van der Waals surface area contributed by atoms with Crippen LogP contribution in [0.5, 0.6) is 0 Å². The Morgan fingerprint density at radius 2 is 1.67 bits per heavy atom. The number of halogens is 1. The Morgan fingerprint density at radius 3 is 2.22 bits per heavy atom. The summed E-state index contributed by atoms with van der Waals surface area (Å²) in [5, 5.41) is 19.6. The minimum Gasteiger partial charge on any atom is -0.317 e. The first-order chi connectivity index (χ1) is 17.1. The van der Waals surface area contributed by atoms with Gasteiger partial charge in [0.05, 0.1) is 0 Å². The first-order valence-electron chi connectivity index (χ1n) is 12.0. The van der Waals surface area contributed by atoms with E-state index in [0.717, 1.165) is 31.2 Å². The Bertz CT molecular complexity index is 1090. The standard InChI is InChI=1S/C26H34ClN7O2/c1-26(2,3)19-8-14-22(15-9-19)34(25(36)30-21-12-10-20(27)11-13-21)16-17-4-6-18(7-5-17)23(35)31-24(28)32-33-29/h4-7,10-13,19,22H,8-9,14-16H2,1-3H3,(H,30,36)(H4,28,29,31,32,35). The second kappa shape index (κ2) is 12.0. The zero-order valence-electron chi connectivity index (χ0n) is 20.9. The Hall–Kier alpha value is -3.46. The van der Waals surface area contributed by atoms with Gasteiger partial charge in [0.25, 0.3) is 5.91 Å². The smallest absolute Gasteiger partial charge is 0.317 e. The quantitative estimate of drug-likeness (QED) is 0.129. The number of anilines is 1. The third kappa shape index (κ3) is 7.52. The average molecular weight is 512 g/mol. The van der Waals surface area contributed by atoms with Crippen molar-refractivity contribution >= 4 is 35.2 Å². The minimum atomic E-state index is -0.489. The van der Waals surface area contributed by atoms with Crippen LogP contribution in [0, 0.1) is 16.7 Å². The van der Waals surface area contributed by atoms with E-state index in [4.69, 9.17) is 22.9 Å². The maximum Gasteiger partial charge on any atom is 0.322 e. The van der Waals surface area contributed by atoms with Gasteiger partial charge in [-0.15, -0.1) is 0 Å². The largest absolute Gasteiger partial charge is 0.322 e. The molecule has 10 heteroatoms. The van der Waals surface area contributed by atoms with E-state index in [0.29, 0.717) is 28.7 Å². The topological polar surface area (TPSA) is 136 Å². The van der Waals surface area contributed by atoms with Gasteiger partial charge in [0.15, 0.2) is 0 Å². The number of rotatable bonds is 5. The second-order valence-electron chi connectivity index (χ2n) is 10.2. The van der Waals surface area contributed by atoms with Gasteiger partial charge in [-0.2, -0.15) is 0 Å². The number of guanidine groups is 1. The fraction of sp³-hybridized carbons (Fsp3) is 0.423.